The van der Waals surface area contributed by atoms with Crippen molar-refractivity contribution < 1.29 is 14.4 Å². The third-order valence-corrected chi connectivity index (χ3v) is 6.31. The van der Waals surface area contributed by atoms with Gasteiger partial charge in [0.05, 0.1) is 11.3 Å². The number of hydrogen-bond acceptors (Lipinski definition) is 6. The van der Waals surface area contributed by atoms with E-state index in [1.165, 1.54) is 6.20 Å². The van der Waals surface area contributed by atoms with Crippen LogP contribution in [0.3, 0.4) is 0 Å². The van der Waals surface area contributed by atoms with Crippen molar-refractivity contribution in [2.24, 2.45) is 0 Å². The van der Waals surface area contributed by atoms with Gasteiger partial charge in [0.2, 0.25) is 11.8 Å². The molecule has 0 aromatic carbocycles. The van der Waals surface area contributed by atoms with Gasteiger partial charge in [-0.2, -0.15) is 0 Å². The van der Waals surface area contributed by atoms with Crippen molar-refractivity contribution in [3.63, 3.8) is 0 Å². The summed E-state index contributed by atoms with van der Waals surface area (Å²) in [5.74, 6) is 0.287. The summed E-state index contributed by atoms with van der Waals surface area (Å²) in [5, 5.41) is 2.37. The van der Waals surface area contributed by atoms with Gasteiger partial charge in [0.25, 0.3) is 5.91 Å². The predicted octanol–water partition coefficient (Wildman–Crippen LogP) is 1.75. The minimum Gasteiger partial charge on any atom is -0.353 e. The molecule has 0 saturated carbocycles. The third kappa shape index (κ3) is 3.78. The Kier molecular flexibility index (Phi) is 5.47. The van der Waals surface area contributed by atoms with Crippen LogP contribution in [0.25, 0.3) is 0 Å². The Hall–Kier alpha value is -3.29. The fourth-order valence-corrected chi connectivity index (χ4v) is 4.46. The van der Waals surface area contributed by atoms with Crippen LogP contribution in [0.15, 0.2) is 30.6 Å². The molecule has 4 heterocycles. The van der Waals surface area contributed by atoms with Crippen molar-refractivity contribution in [1.82, 2.24) is 20.2 Å². The first-order valence-electron chi connectivity index (χ1n) is 10.6. The predicted molar refractivity (Wildman–Crippen MR) is 116 cm³/mol. The molecule has 2 saturated heterocycles. The van der Waals surface area contributed by atoms with Crippen molar-refractivity contribution in [3.05, 3.63) is 53.0 Å². The molecule has 4 rings (SSSR count). The van der Waals surface area contributed by atoms with Crippen molar-refractivity contribution >= 4 is 23.5 Å². The molecule has 31 heavy (non-hydrogen) atoms. The lowest BCUT2D eigenvalue weighted by Gasteiger charge is -2.36. The molecule has 2 fully saturated rings. The van der Waals surface area contributed by atoms with E-state index < -0.39 is 5.41 Å². The summed E-state index contributed by atoms with van der Waals surface area (Å²) >= 11 is 0. The van der Waals surface area contributed by atoms with Crippen molar-refractivity contribution in [3.8, 4) is 0 Å². The molecule has 1 N–H and O–H groups in total. The van der Waals surface area contributed by atoms with E-state index in [1.54, 1.807) is 12.1 Å². The van der Waals surface area contributed by atoms with Gasteiger partial charge in [-0.25, -0.2) is 4.98 Å². The van der Waals surface area contributed by atoms with Crippen LogP contribution in [0, 0.1) is 13.8 Å². The number of amides is 3. The number of imide groups is 1. The van der Waals surface area contributed by atoms with Gasteiger partial charge in [-0.3, -0.25) is 24.7 Å². The molecule has 0 unspecified atom stereocenters. The summed E-state index contributed by atoms with van der Waals surface area (Å²) in [6.07, 6.45) is 3.95. The van der Waals surface area contributed by atoms with E-state index >= 15 is 0 Å². The molecule has 0 spiro atoms. The molecule has 2 aromatic heterocycles. The van der Waals surface area contributed by atoms with Gasteiger partial charge in [-0.1, -0.05) is 13.0 Å². The van der Waals surface area contributed by atoms with Crippen LogP contribution < -0.4 is 10.2 Å². The summed E-state index contributed by atoms with van der Waals surface area (Å²) in [5.41, 5.74) is 2.34. The first-order chi connectivity index (χ1) is 14.8. The Morgan fingerprint density at radius 3 is 2.39 bits per heavy atom. The Morgan fingerprint density at radius 1 is 1.10 bits per heavy atom. The van der Waals surface area contributed by atoms with Crippen LogP contribution in [-0.4, -0.2) is 58.8 Å². The molecular weight excluding hydrogens is 394 g/mol. The van der Waals surface area contributed by atoms with Gasteiger partial charge < -0.3 is 9.80 Å². The number of carbonyl (C=O) groups is 3. The highest BCUT2D eigenvalue weighted by Gasteiger charge is 2.47. The number of nitrogens with one attached hydrogen (secondary N) is 1. The van der Waals surface area contributed by atoms with Crippen molar-refractivity contribution in [2.45, 2.75) is 39.0 Å². The number of rotatable bonds is 4. The van der Waals surface area contributed by atoms with E-state index in [4.69, 9.17) is 0 Å². The van der Waals surface area contributed by atoms with Crippen LogP contribution in [0.2, 0.25) is 0 Å². The second-order valence-electron chi connectivity index (χ2n) is 8.35. The fourth-order valence-electron chi connectivity index (χ4n) is 4.46. The number of pyridine rings is 2. The minimum atomic E-state index is -0.941. The summed E-state index contributed by atoms with van der Waals surface area (Å²) in [6.45, 7) is 8.59. The zero-order valence-electron chi connectivity index (χ0n) is 18.1. The van der Waals surface area contributed by atoms with E-state index in [0.29, 0.717) is 30.8 Å². The number of anilines is 1. The van der Waals surface area contributed by atoms with Crippen LogP contribution in [0.4, 0.5) is 5.82 Å². The highest BCUT2D eigenvalue weighted by Crippen LogP contribution is 2.34. The topological polar surface area (TPSA) is 95.5 Å². The maximum atomic E-state index is 13.0. The lowest BCUT2D eigenvalue weighted by Crippen LogP contribution is -2.49. The van der Waals surface area contributed by atoms with Gasteiger partial charge in [-0.15, -0.1) is 0 Å². The minimum absolute atomic E-state index is 0.0789. The average molecular weight is 422 g/mol. The zero-order chi connectivity index (χ0) is 22.2. The fraction of sp³-hybridized carbons (Fsp3) is 0.435. The van der Waals surface area contributed by atoms with Gasteiger partial charge in [0.1, 0.15) is 11.2 Å². The number of carbonyl (C=O) groups excluding carboxylic acids is 3. The molecule has 2 aromatic rings. The Bertz CT molecular complexity index is 1030. The first-order valence-corrected chi connectivity index (χ1v) is 10.6. The normalized spacial score (nSPS) is 21.4. The monoisotopic (exact) mass is 421 g/mol. The second-order valence-corrected chi connectivity index (χ2v) is 8.35. The average Bonchev–Trinajstić information content (AvgIpc) is 3.07. The van der Waals surface area contributed by atoms with E-state index in [9.17, 15) is 14.4 Å². The van der Waals surface area contributed by atoms with Crippen molar-refractivity contribution in [2.75, 3.05) is 31.1 Å². The molecule has 2 aliphatic heterocycles. The van der Waals surface area contributed by atoms with Crippen LogP contribution in [0.5, 0.6) is 0 Å². The van der Waals surface area contributed by atoms with E-state index in [0.717, 1.165) is 30.0 Å². The largest absolute Gasteiger partial charge is 0.353 e. The summed E-state index contributed by atoms with van der Waals surface area (Å²) in [7, 11) is 0. The molecule has 3 amide bonds. The molecule has 0 aliphatic carbocycles. The van der Waals surface area contributed by atoms with E-state index in [1.807, 2.05) is 24.9 Å². The highest BCUT2D eigenvalue weighted by atomic mass is 16.2. The third-order valence-electron chi connectivity index (χ3n) is 6.31. The Labute approximate surface area is 181 Å². The SMILES string of the molecule is CC[C@@]1(c2ccc(C(=O)N3CCN(c4ncc(C)cc4C)CC3)cn2)CC(=O)NC1=O. The maximum Gasteiger partial charge on any atom is 0.255 e. The summed E-state index contributed by atoms with van der Waals surface area (Å²) in [4.78, 5) is 50.0. The molecule has 8 nitrogen and oxygen atoms in total. The number of nitrogens with zero attached hydrogens (tertiary/aromatic N) is 4. The number of aromatic nitrogens is 2. The highest BCUT2D eigenvalue weighted by molar-refractivity contribution is 6.08. The van der Waals surface area contributed by atoms with Crippen LogP contribution >= 0.6 is 0 Å². The second kappa shape index (κ2) is 8.09. The quantitative estimate of drug-likeness (QED) is 0.756. The smallest absolute Gasteiger partial charge is 0.255 e. The standard InChI is InChI=1S/C23H27N5O3/c1-4-23(12-19(29)26-22(23)31)18-6-5-17(14-24-18)21(30)28-9-7-27(8-10-28)20-16(3)11-15(2)13-25-20/h5-6,11,13-14H,4,7-10,12H2,1-3H3,(H,26,29,31)/t23-/m0/s1. The van der Waals surface area contributed by atoms with E-state index in [-0.39, 0.29) is 24.1 Å². The molecule has 0 radical (unpaired) electrons. The lowest BCUT2D eigenvalue weighted by molar-refractivity contribution is -0.126. The molecule has 8 heteroatoms. The zero-order valence-corrected chi connectivity index (χ0v) is 18.1. The summed E-state index contributed by atoms with van der Waals surface area (Å²) in [6, 6.07) is 5.52. The Morgan fingerprint density at radius 2 is 1.84 bits per heavy atom. The number of hydrogen-bond donors (Lipinski definition) is 1. The lowest BCUT2D eigenvalue weighted by atomic mass is 9.79. The van der Waals surface area contributed by atoms with Gasteiger partial charge in [-0.05, 0) is 43.5 Å². The van der Waals surface area contributed by atoms with Crippen LogP contribution in [-0.2, 0) is 15.0 Å². The number of piperazine rings is 1. The van der Waals surface area contributed by atoms with Crippen LogP contribution in [0.1, 0.15) is 46.9 Å². The molecule has 1 atom stereocenters. The molecule has 162 valence electrons. The molecule has 0 bridgehead atoms. The maximum absolute atomic E-state index is 13.0. The van der Waals surface area contributed by atoms with Gasteiger partial charge in [0, 0.05) is 45.0 Å². The number of aryl methyl sites for hydroxylation is 2. The summed E-state index contributed by atoms with van der Waals surface area (Å²) < 4.78 is 0. The molecular formula is C23H27N5O3. The van der Waals surface area contributed by atoms with Gasteiger partial charge >= 0.3 is 0 Å². The first kappa shape index (κ1) is 21.0. The Balaban J connectivity index is 1.44. The van der Waals surface area contributed by atoms with Crippen molar-refractivity contribution in [1.29, 1.82) is 0 Å². The van der Waals surface area contributed by atoms with Gasteiger partial charge in [0.15, 0.2) is 0 Å². The molecule has 2 aliphatic rings. The van der Waals surface area contributed by atoms with E-state index in [2.05, 4.69) is 33.2 Å².